The Kier molecular flexibility index (Phi) is 7.69. The van der Waals surface area contributed by atoms with Gasteiger partial charge >= 0.3 is 5.97 Å². The van der Waals surface area contributed by atoms with Gasteiger partial charge in [-0.1, -0.05) is 30.2 Å². The monoisotopic (exact) mass is 210 g/mol. The number of esters is 1. The first-order chi connectivity index (χ1) is 7.10. The zero-order chi connectivity index (χ0) is 11.7. The van der Waals surface area contributed by atoms with E-state index >= 15 is 0 Å². The summed E-state index contributed by atoms with van der Waals surface area (Å²) in [5.74, 6) is -0.110. The predicted octanol–water partition coefficient (Wildman–Crippen LogP) is 3.63. The van der Waals surface area contributed by atoms with E-state index in [1.54, 1.807) is 0 Å². The maximum absolute atomic E-state index is 10.8. The van der Waals surface area contributed by atoms with E-state index in [4.69, 9.17) is 4.74 Å². The first-order valence-electron chi connectivity index (χ1n) is 5.55. The first kappa shape index (κ1) is 13.9. The van der Waals surface area contributed by atoms with Crippen LogP contribution in [0.25, 0.3) is 0 Å². The van der Waals surface area contributed by atoms with E-state index in [9.17, 15) is 4.79 Å². The van der Waals surface area contributed by atoms with Gasteiger partial charge < -0.3 is 4.74 Å². The Morgan fingerprint density at radius 1 is 1.33 bits per heavy atom. The number of allylic oxidation sites excluding steroid dienone is 4. The van der Waals surface area contributed by atoms with E-state index in [1.165, 1.54) is 11.1 Å². The lowest BCUT2D eigenvalue weighted by atomic mass is 10.1. The Bertz CT molecular complexity index is 249. The van der Waals surface area contributed by atoms with Gasteiger partial charge in [-0.3, -0.25) is 4.79 Å². The molecule has 15 heavy (non-hydrogen) atoms. The van der Waals surface area contributed by atoms with E-state index in [0.29, 0.717) is 13.0 Å². The summed E-state index contributed by atoms with van der Waals surface area (Å²) >= 11 is 0. The van der Waals surface area contributed by atoms with Crippen LogP contribution in [0.5, 0.6) is 0 Å². The van der Waals surface area contributed by atoms with Crippen LogP contribution in [0.2, 0.25) is 0 Å². The molecular formula is C13H22O2. The maximum Gasteiger partial charge on any atom is 0.305 e. The molecule has 0 aliphatic rings. The second-order valence-electron chi connectivity index (χ2n) is 3.70. The van der Waals surface area contributed by atoms with Crippen LogP contribution in [0.3, 0.4) is 0 Å². The average Bonchev–Trinajstić information content (AvgIpc) is 2.23. The minimum Gasteiger partial charge on any atom is -0.466 e. The van der Waals surface area contributed by atoms with Gasteiger partial charge in [-0.05, 0) is 33.6 Å². The Hall–Kier alpha value is -1.05. The fourth-order valence-corrected chi connectivity index (χ4v) is 1.18. The normalized spacial score (nSPS) is 12.8. The van der Waals surface area contributed by atoms with Crippen molar-refractivity contribution >= 4 is 5.97 Å². The highest BCUT2D eigenvalue weighted by molar-refractivity contribution is 5.68. The van der Waals surface area contributed by atoms with Crippen LogP contribution < -0.4 is 0 Å². The summed E-state index contributed by atoms with van der Waals surface area (Å²) < 4.78 is 4.99. The zero-order valence-electron chi connectivity index (χ0n) is 10.3. The Balaban J connectivity index is 3.68. The third kappa shape index (κ3) is 7.98. The summed E-state index contributed by atoms with van der Waals surface area (Å²) in [7, 11) is 0. The molecule has 0 N–H and O–H groups in total. The van der Waals surface area contributed by atoms with Crippen molar-refractivity contribution in [3.63, 3.8) is 0 Å². The van der Waals surface area contributed by atoms with Crippen molar-refractivity contribution in [1.29, 1.82) is 0 Å². The summed E-state index contributed by atoms with van der Waals surface area (Å²) in [6, 6.07) is 0. The number of carbonyl (C=O) groups excluding carboxylic acids is 1. The highest BCUT2D eigenvalue weighted by Crippen LogP contribution is 2.08. The molecule has 86 valence electrons. The highest BCUT2D eigenvalue weighted by atomic mass is 16.5. The molecule has 0 aromatic carbocycles. The number of rotatable bonds is 6. The molecule has 0 radical (unpaired) electrons. The van der Waals surface area contributed by atoms with Gasteiger partial charge in [-0.25, -0.2) is 0 Å². The van der Waals surface area contributed by atoms with Crippen LogP contribution in [0, 0.1) is 0 Å². The lowest BCUT2D eigenvalue weighted by molar-refractivity contribution is -0.143. The number of hydrogen-bond donors (Lipinski definition) is 0. The van der Waals surface area contributed by atoms with Crippen molar-refractivity contribution in [2.45, 2.75) is 47.0 Å². The molecule has 0 aliphatic heterocycles. The van der Waals surface area contributed by atoms with Crippen LogP contribution in [-0.2, 0) is 9.53 Å². The molecule has 0 saturated carbocycles. The Morgan fingerprint density at radius 2 is 2.00 bits per heavy atom. The minimum atomic E-state index is -0.110. The van der Waals surface area contributed by atoms with Crippen molar-refractivity contribution in [2.75, 3.05) is 6.61 Å². The van der Waals surface area contributed by atoms with E-state index in [1.807, 2.05) is 13.8 Å². The molecule has 0 aliphatic carbocycles. The predicted molar refractivity (Wildman–Crippen MR) is 63.7 cm³/mol. The molecule has 0 atom stereocenters. The molecular weight excluding hydrogens is 188 g/mol. The van der Waals surface area contributed by atoms with Gasteiger partial charge in [-0.2, -0.15) is 0 Å². The summed E-state index contributed by atoms with van der Waals surface area (Å²) in [4.78, 5) is 10.8. The molecule has 0 unspecified atom stereocenters. The summed E-state index contributed by atoms with van der Waals surface area (Å²) in [6.07, 6.45) is 6.61. The standard InChI is InChI=1S/C13H22O2/c1-5-11(3)10-12(4)8-7-9-15-13(14)6-2/h5,10H,6-9H2,1-4H3/b11-5+,12-10+. The fraction of sp³-hybridized carbons (Fsp3) is 0.615. The van der Waals surface area contributed by atoms with Crippen molar-refractivity contribution in [1.82, 2.24) is 0 Å². The van der Waals surface area contributed by atoms with E-state index in [0.717, 1.165) is 12.8 Å². The van der Waals surface area contributed by atoms with Crippen molar-refractivity contribution < 1.29 is 9.53 Å². The first-order valence-corrected chi connectivity index (χ1v) is 5.55. The van der Waals surface area contributed by atoms with Crippen LogP contribution in [0.15, 0.2) is 23.3 Å². The highest BCUT2D eigenvalue weighted by Gasteiger charge is 1.97. The third-order valence-electron chi connectivity index (χ3n) is 2.20. The van der Waals surface area contributed by atoms with Gasteiger partial charge in [0.05, 0.1) is 6.61 Å². The summed E-state index contributed by atoms with van der Waals surface area (Å²) in [5.41, 5.74) is 2.61. The van der Waals surface area contributed by atoms with E-state index < -0.39 is 0 Å². The van der Waals surface area contributed by atoms with E-state index in [2.05, 4.69) is 26.0 Å². The molecule has 2 nitrogen and oxygen atoms in total. The molecule has 0 saturated heterocycles. The molecule has 0 aromatic rings. The van der Waals surface area contributed by atoms with Gasteiger partial charge in [0.15, 0.2) is 0 Å². The Morgan fingerprint density at radius 3 is 2.53 bits per heavy atom. The second kappa shape index (κ2) is 8.27. The molecule has 2 heteroatoms. The molecule has 0 spiro atoms. The largest absolute Gasteiger partial charge is 0.466 e. The van der Waals surface area contributed by atoms with Crippen LogP contribution >= 0.6 is 0 Å². The Labute approximate surface area is 93.0 Å². The fourth-order valence-electron chi connectivity index (χ4n) is 1.18. The SMILES string of the molecule is C/C=C(C)/C=C(\C)CCCOC(=O)CC. The minimum absolute atomic E-state index is 0.110. The third-order valence-corrected chi connectivity index (χ3v) is 2.20. The molecule has 0 fully saturated rings. The van der Waals surface area contributed by atoms with Gasteiger partial charge in [0, 0.05) is 6.42 Å². The lowest BCUT2D eigenvalue weighted by Crippen LogP contribution is -2.03. The maximum atomic E-state index is 10.8. The van der Waals surface area contributed by atoms with Gasteiger partial charge in [0.2, 0.25) is 0 Å². The summed E-state index contributed by atoms with van der Waals surface area (Å²) in [5, 5.41) is 0. The van der Waals surface area contributed by atoms with Crippen molar-refractivity contribution in [2.24, 2.45) is 0 Å². The van der Waals surface area contributed by atoms with Gasteiger partial charge in [0.1, 0.15) is 0 Å². The zero-order valence-corrected chi connectivity index (χ0v) is 10.3. The average molecular weight is 210 g/mol. The quantitative estimate of drug-likeness (QED) is 0.380. The lowest BCUT2D eigenvalue weighted by Gasteiger charge is -2.03. The van der Waals surface area contributed by atoms with E-state index in [-0.39, 0.29) is 5.97 Å². The molecule has 0 bridgehead atoms. The molecule has 0 amide bonds. The molecule has 0 rings (SSSR count). The second-order valence-corrected chi connectivity index (χ2v) is 3.70. The molecule has 0 aromatic heterocycles. The number of hydrogen-bond acceptors (Lipinski definition) is 2. The van der Waals surface area contributed by atoms with Crippen LogP contribution in [0.1, 0.15) is 47.0 Å². The number of carbonyl (C=O) groups is 1. The van der Waals surface area contributed by atoms with Gasteiger partial charge in [-0.15, -0.1) is 0 Å². The topological polar surface area (TPSA) is 26.3 Å². The smallest absolute Gasteiger partial charge is 0.305 e. The summed E-state index contributed by atoms with van der Waals surface area (Å²) in [6.45, 7) is 8.56. The van der Waals surface area contributed by atoms with Crippen molar-refractivity contribution in [3.05, 3.63) is 23.3 Å². The molecule has 0 heterocycles. The van der Waals surface area contributed by atoms with Crippen molar-refractivity contribution in [3.8, 4) is 0 Å². The van der Waals surface area contributed by atoms with Crippen LogP contribution in [0.4, 0.5) is 0 Å². The van der Waals surface area contributed by atoms with Crippen LogP contribution in [-0.4, -0.2) is 12.6 Å². The number of ether oxygens (including phenoxy) is 1. The van der Waals surface area contributed by atoms with Gasteiger partial charge in [0.25, 0.3) is 0 Å².